The Morgan fingerprint density at radius 1 is 1.30 bits per heavy atom. The normalized spacial score (nSPS) is 12.8. The smallest absolute Gasteiger partial charge is 0.408 e. The second-order valence-electron chi connectivity index (χ2n) is 5.54. The Hall–Kier alpha value is -2.04. The number of carbonyl (C=O) groups is 1. The lowest BCUT2D eigenvalue weighted by Gasteiger charge is -2.15. The molecule has 1 unspecified atom stereocenters. The lowest BCUT2D eigenvalue weighted by atomic mass is 10.0. The third kappa shape index (κ3) is 3.29. The first-order valence-electron chi connectivity index (χ1n) is 6.90. The van der Waals surface area contributed by atoms with E-state index in [2.05, 4.69) is 24.1 Å². The summed E-state index contributed by atoms with van der Waals surface area (Å²) in [4.78, 5) is 26.0. The molecule has 0 saturated carbocycles. The van der Waals surface area contributed by atoms with Gasteiger partial charge in [-0.3, -0.25) is 9.78 Å². The summed E-state index contributed by atoms with van der Waals surface area (Å²) in [5.74, 6) is -0.125. The predicted octanol–water partition coefficient (Wildman–Crippen LogP) is 2.68. The lowest BCUT2D eigenvalue weighted by molar-refractivity contribution is 0.0938. The molecule has 1 amide bonds. The second kappa shape index (κ2) is 5.94. The summed E-state index contributed by atoms with van der Waals surface area (Å²) >= 11 is 0. The quantitative estimate of drug-likeness (QED) is 0.881. The van der Waals surface area contributed by atoms with Gasteiger partial charge in [0.2, 0.25) is 0 Å². The van der Waals surface area contributed by atoms with E-state index in [1.807, 2.05) is 6.92 Å². The number of aromatic nitrogens is 1. The van der Waals surface area contributed by atoms with Crippen LogP contribution in [0.1, 0.15) is 44.0 Å². The first-order chi connectivity index (χ1) is 9.47. The van der Waals surface area contributed by atoms with Gasteiger partial charge in [-0.25, -0.2) is 4.79 Å². The van der Waals surface area contributed by atoms with E-state index in [9.17, 15) is 9.59 Å². The lowest BCUT2D eigenvalue weighted by Crippen LogP contribution is -2.32. The van der Waals surface area contributed by atoms with Crippen molar-refractivity contribution in [3.05, 3.63) is 34.3 Å². The van der Waals surface area contributed by atoms with Crippen LogP contribution in [-0.4, -0.2) is 16.9 Å². The number of carbonyl (C=O) groups excluding carboxylic acids is 1. The summed E-state index contributed by atoms with van der Waals surface area (Å²) in [7, 11) is 0. The number of oxazole rings is 1. The Morgan fingerprint density at radius 3 is 2.75 bits per heavy atom. The van der Waals surface area contributed by atoms with E-state index < -0.39 is 5.76 Å². The monoisotopic (exact) mass is 276 g/mol. The molecular formula is C15H20N2O3. The van der Waals surface area contributed by atoms with Gasteiger partial charge in [0.15, 0.2) is 5.58 Å². The highest BCUT2D eigenvalue weighted by atomic mass is 16.4. The minimum absolute atomic E-state index is 0.0961. The van der Waals surface area contributed by atoms with Gasteiger partial charge in [0.25, 0.3) is 5.91 Å². The molecule has 1 atom stereocenters. The van der Waals surface area contributed by atoms with E-state index in [0.29, 0.717) is 22.6 Å². The number of nitrogens with one attached hydrogen (secondary N) is 2. The standard InChI is InChI=1S/C15H20N2O3/c1-9(2)7-8-10(3)16-14(18)11-5-4-6-12-13(11)17-15(19)20-12/h4-6,9-10H,7-8H2,1-3H3,(H,16,18)(H,17,19). The minimum Gasteiger partial charge on any atom is -0.408 e. The maximum Gasteiger partial charge on any atom is 0.417 e. The third-order valence-electron chi connectivity index (χ3n) is 3.26. The zero-order valence-corrected chi connectivity index (χ0v) is 12.0. The molecule has 2 rings (SSSR count). The van der Waals surface area contributed by atoms with Crippen LogP contribution in [0.25, 0.3) is 11.1 Å². The van der Waals surface area contributed by atoms with Crippen LogP contribution in [0.15, 0.2) is 27.4 Å². The molecule has 0 aliphatic carbocycles. The first kappa shape index (κ1) is 14.4. The topological polar surface area (TPSA) is 75.1 Å². The zero-order valence-electron chi connectivity index (χ0n) is 12.0. The molecule has 0 saturated heterocycles. The van der Waals surface area contributed by atoms with E-state index in [1.165, 1.54) is 0 Å². The van der Waals surface area contributed by atoms with Crippen LogP contribution in [0.2, 0.25) is 0 Å². The molecule has 0 bridgehead atoms. The number of hydrogen-bond donors (Lipinski definition) is 2. The van der Waals surface area contributed by atoms with Crippen molar-refractivity contribution in [2.75, 3.05) is 0 Å². The number of fused-ring (bicyclic) bond motifs is 1. The van der Waals surface area contributed by atoms with Crippen molar-refractivity contribution >= 4 is 17.0 Å². The maximum atomic E-state index is 12.2. The zero-order chi connectivity index (χ0) is 14.7. The number of benzene rings is 1. The molecule has 1 aromatic carbocycles. The number of para-hydroxylation sites is 1. The summed E-state index contributed by atoms with van der Waals surface area (Å²) < 4.78 is 4.95. The van der Waals surface area contributed by atoms with Gasteiger partial charge >= 0.3 is 5.76 Å². The highest BCUT2D eigenvalue weighted by Crippen LogP contribution is 2.15. The third-order valence-corrected chi connectivity index (χ3v) is 3.26. The Kier molecular flexibility index (Phi) is 4.27. The molecule has 20 heavy (non-hydrogen) atoms. The number of aromatic amines is 1. The number of hydrogen-bond acceptors (Lipinski definition) is 3. The Labute approximate surface area is 117 Å². The molecule has 5 nitrogen and oxygen atoms in total. The summed E-state index contributed by atoms with van der Waals surface area (Å²) in [5.41, 5.74) is 1.29. The van der Waals surface area contributed by atoms with Gasteiger partial charge in [0.05, 0.1) is 11.1 Å². The Morgan fingerprint density at radius 2 is 2.05 bits per heavy atom. The molecular weight excluding hydrogens is 256 g/mol. The van der Waals surface area contributed by atoms with E-state index in [0.717, 1.165) is 12.8 Å². The largest absolute Gasteiger partial charge is 0.417 e. The van der Waals surface area contributed by atoms with Crippen molar-refractivity contribution in [1.29, 1.82) is 0 Å². The van der Waals surface area contributed by atoms with E-state index in [-0.39, 0.29) is 11.9 Å². The van der Waals surface area contributed by atoms with Crippen LogP contribution in [0, 0.1) is 5.92 Å². The molecule has 2 aromatic rings. The average molecular weight is 276 g/mol. The van der Waals surface area contributed by atoms with Crippen molar-refractivity contribution in [1.82, 2.24) is 10.3 Å². The summed E-state index contributed by atoms with van der Waals surface area (Å²) in [6, 6.07) is 5.14. The van der Waals surface area contributed by atoms with Crippen LogP contribution in [0.5, 0.6) is 0 Å². The SMILES string of the molecule is CC(C)CCC(C)NC(=O)c1cccc2oc(=O)[nH]c12. The molecule has 0 aliphatic rings. The summed E-state index contributed by atoms with van der Waals surface area (Å²) in [5, 5.41) is 2.95. The van der Waals surface area contributed by atoms with Gasteiger partial charge < -0.3 is 9.73 Å². The number of rotatable bonds is 5. The number of H-pyrrole nitrogens is 1. The van der Waals surface area contributed by atoms with Crippen molar-refractivity contribution < 1.29 is 9.21 Å². The molecule has 1 aromatic heterocycles. The van der Waals surface area contributed by atoms with Gasteiger partial charge in [0.1, 0.15) is 0 Å². The van der Waals surface area contributed by atoms with Crippen LogP contribution in [-0.2, 0) is 0 Å². The average Bonchev–Trinajstić information content (AvgIpc) is 2.76. The molecule has 1 heterocycles. The van der Waals surface area contributed by atoms with Crippen LogP contribution < -0.4 is 11.1 Å². The van der Waals surface area contributed by atoms with Crippen molar-refractivity contribution in [2.24, 2.45) is 5.92 Å². The maximum absolute atomic E-state index is 12.2. The molecule has 0 radical (unpaired) electrons. The molecule has 0 fully saturated rings. The van der Waals surface area contributed by atoms with E-state index >= 15 is 0 Å². The van der Waals surface area contributed by atoms with Gasteiger partial charge in [0, 0.05) is 6.04 Å². The van der Waals surface area contributed by atoms with Gasteiger partial charge in [-0.05, 0) is 37.8 Å². The Bertz CT molecular complexity index is 654. The van der Waals surface area contributed by atoms with Crippen LogP contribution in [0.3, 0.4) is 0 Å². The van der Waals surface area contributed by atoms with Gasteiger partial charge in [-0.15, -0.1) is 0 Å². The highest BCUT2D eigenvalue weighted by molar-refractivity contribution is 6.04. The first-order valence-corrected chi connectivity index (χ1v) is 6.90. The van der Waals surface area contributed by atoms with E-state index in [4.69, 9.17) is 4.42 Å². The molecule has 5 heteroatoms. The number of amides is 1. The van der Waals surface area contributed by atoms with Crippen molar-refractivity contribution in [3.63, 3.8) is 0 Å². The fourth-order valence-electron chi connectivity index (χ4n) is 2.12. The Balaban J connectivity index is 2.13. The second-order valence-corrected chi connectivity index (χ2v) is 5.54. The van der Waals surface area contributed by atoms with E-state index in [1.54, 1.807) is 18.2 Å². The van der Waals surface area contributed by atoms with Gasteiger partial charge in [-0.1, -0.05) is 19.9 Å². The fraction of sp³-hybridized carbons (Fsp3) is 0.467. The molecule has 0 spiro atoms. The molecule has 108 valence electrons. The van der Waals surface area contributed by atoms with Crippen LogP contribution in [0.4, 0.5) is 0 Å². The highest BCUT2D eigenvalue weighted by Gasteiger charge is 2.15. The van der Waals surface area contributed by atoms with Crippen molar-refractivity contribution in [2.45, 2.75) is 39.7 Å². The predicted molar refractivity (Wildman–Crippen MR) is 77.8 cm³/mol. The fourth-order valence-corrected chi connectivity index (χ4v) is 2.12. The minimum atomic E-state index is -0.548. The molecule has 0 aliphatic heterocycles. The van der Waals surface area contributed by atoms with Crippen molar-refractivity contribution in [3.8, 4) is 0 Å². The summed E-state index contributed by atoms with van der Waals surface area (Å²) in [6.07, 6.45) is 2.00. The van der Waals surface area contributed by atoms with Crippen LogP contribution >= 0.6 is 0 Å². The molecule has 2 N–H and O–H groups in total. The summed E-state index contributed by atoms with van der Waals surface area (Å²) in [6.45, 7) is 6.30. The van der Waals surface area contributed by atoms with Gasteiger partial charge in [-0.2, -0.15) is 0 Å².